The number of nitrogens with one attached hydrogen (secondary N) is 1. The molecule has 4 rings (SSSR count). The SMILES string of the molecule is S=C(NN=C1CCCc2cccnc21)N1CCCN(c2ccccn2)CCC1. The minimum atomic E-state index is 0.710. The number of hydrogen-bond donors (Lipinski definition) is 1. The maximum atomic E-state index is 5.63. The largest absolute Gasteiger partial charge is 0.356 e. The molecule has 6 nitrogen and oxygen atoms in total. The van der Waals surface area contributed by atoms with Crippen molar-refractivity contribution < 1.29 is 0 Å². The molecule has 28 heavy (non-hydrogen) atoms. The Labute approximate surface area is 171 Å². The molecule has 2 aromatic rings. The van der Waals surface area contributed by atoms with Gasteiger partial charge in [0.05, 0.1) is 11.4 Å². The number of rotatable bonds is 2. The Morgan fingerprint density at radius 3 is 2.54 bits per heavy atom. The van der Waals surface area contributed by atoms with Gasteiger partial charge in [-0.2, -0.15) is 5.10 Å². The highest BCUT2D eigenvalue weighted by atomic mass is 32.1. The van der Waals surface area contributed by atoms with E-state index in [0.29, 0.717) is 5.11 Å². The molecule has 1 saturated heterocycles. The number of aromatic nitrogens is 2. The molecule has 146 valence electrons. The highest BCUT2D eigenvalue weighted by Gasteiger charge is 2.18. The first kappa shape index (κ1) is 18.8. The maximum absolute atomic E-state index is 5.63. The summed E-state index contributed by atoms with van der Waals surface area (Å²) in [4.78, 5) is 13.6. The minimum absolute atomic E-state index is 0.710. The van der Waals surface area contributed by atoms with Gasteiger partial charge >= 0.3 is 0 Å². The summed E-state index contributed by atoms with van der Waals surface area (Å²) in [7, 11) is 0. The summed E-state index contributed by atoms with van der Waals surface area (Å²) in [5.41, 5.74) is 6.44. The van der Waals surface area contributed by atoms with Crippen LogP contribution in [-0.2, 0) is 6.42 Å². The van der Waals surface area contributed by atoms with E-state index in [-0.39, 0.29) is 0 Å². The van der Waals surface area contributed by atoms with Gasteiger partial charge in [0.15, 0.2) is 5.11 Å². The Balaban J connectivity index is 1.34. The van der Waals surface area contributed by atoms with Crippen molar-refractivity contribution in [2.45, 2.75) is 32.1 Å². The number of fused-ring (bicyclic) bond motifs is 1. The van der Waals surface area contributed by atoms with E-state index in [1.54, 1.807) is 0 Å². The quantitative estimate of drug-likeness (QED) is 0.624. The number of pyridine rings is 2. The number of anilines is 1. The van der Waals surface area contributed by atoms with Crippen LogP contribution in [0.5, 0.6) is 0 Å². The first-order valence-electron chi connectivity index (χ1n) is 10.0. The fraction of sp³-hybridized carbons (Fsp3) is 0.429. The van der Waals surface area contributed by atoms with E-state index in [4.69, 9.17) is 12.2 Å². The first-order chi connectivity index (χ1) is 13.8. The number of hydrogen-bond acceptors (Lipinski definition) is 5. The summed E-state index contributed by atoms with van der Waals surface area (Å²) < 4.78 is 0. The van der Waals surface area contributed by atoms with Gasteiger partial charge in [0, 0.05) is 38.6 Å². The van der Waals surface area contributed by atoms with Crippen LogP contribution in [0, 0.1) is 0 Å². The highest BCUT2D eigenvalue weighted by Crippen LogP contribution is 2.19. The van der Waals surface area contributed by atoms with Crippen molar-refractivity contribution in [1.29, 1.82) is 0 Å². The second-order valence-corrected chi connectivity index (χ2v) is 7.60. The predicted octanol–water partition coefficient (Wildman–Crippen LogP) is 2.99. The number of thiocarbonyl (C=S) groups is 1. The number of aryl methyl sites for hydroxylation is 1. The molecule has 1 aliphatic carbocycles. The van der Waals surface area contributed by atoms with Crippen LogP contribution >= 0.6 is 12.2 Å². The molecule has 0 bridgehead atoms. The molecular formula is C21H26N6S. The van der Waals surface area contributed by atoms with Crippen LogP contribution in [0.4, 0.5) is 5.82 Å². The van der Waals surface area contributed by atoms with Crippen LogP contribution in [0.2, 0.25) is 0 Å². The van der Waals surface area contributed by atoms with Gasteiger partial charge in [-0.05, 0) is 68.1 Å². The summed E-state index contributed by atoms with van der Waals surface area (Å²) >= 11 is 5.63. The second-order valence-electron chi connectivity index (χ2n) is 7.21. The molecule has 0 amide bonds. The summed E-state index contributed by atoms with van der Waals surface area (Å²) in [6.07, 6.45) is 8.91. The Bertz CT molecular complexity index is 828. The Kier molecular flexibility index (Phi) is 6.11. The number of nitrogens with zero attached hydrogens (tertiary/aromatic N) is 5. The fourth-order valence-corrected chi connectivity index (χ4v) is 4.09. The van der Waals surface area contributed by atoms with Crippen molar-refractivity contribution in [2.24, 2.45) is 5.10 Å². The van der Waals surface area contributed by atoms with Crippen LogP contribution in [0.25, 0.3) is 0 Å². The molecule has 0 radical (unpaired) electrons. The van der Waals surface area contributed by atoms with Crippen LogP contribution in [0.1, 0.15) is 36.9 Å². The zero-order valence-electron chi connectivity index (χ0n) is 16.0. The smallest absolute Gasteiger partial charge is 0.189 e. The van der Waals surface area contributed by atoms with Crippen molar-refractivity contribution in [3.63, 3.8) is 0 Å². The van der Waals surface area contributed by atoms with Gasteiger partial charge in [-0.1, -0.05) is 12.1 Å². The van der Waals surface area contributed by atoms with Gasteiger partial charge in [0.25, 0.3) is 0 Å². The zero-order valence-corrected chi connectivity index (χ0v) is 16.9. The van der Waals surface area contributed by atoms with Crippen molar-refractivity contribution >= 4 is 28.9 Å². The van der Waals surface area contributed by atoms with Crippen LogP contribution in [0.15, 0.2) is 47.8 Å². The van der Waals surface area contributed by atoms with Crippen molar-refractivity contribution in [3.05, 3.63) is 54.0 Å². The third-order valence-corrected chi connectivity index (χ3v) is 5.63. The third-order valence-electron chi connectivity index (χ3n) is 5.28. The van der Waals surface area contributed by atoms with Crippen LogP contribution in [0.3, 0.4) is 0 Å². The van der Waals surface area contributed by atoms with Gasteiger partial charge in [0.2, 0.25) is 0 Å². The van der Waals surface area contributed by atoms with Crippen LogP contribution in [-0.4, -0.2) is 51.9 Å². The Morgan fingerprint density at radius 2 is 1.75 bits per heavy atom. The Morgan fingerprint density at radius 1 is 0.929 bits per heavy atom. The third kappa shape index (κ3) is 4.47. The standard InChI is InChI=1S/C21H26N6S/c28-21(25-24-18-9-3-7-17-8-4-12-23-20(17)18)27-15-5-13-26(14-6-16-27)19-10-1-2-11-22-19/h1-2,4,8,10-12H,3,5-7,9,13-16H2,(H,25,28). The summed E-state index contributed by atoms with van der Waals surface area (Å²) in [6.45, 7) is 3.83. The molecule has 0 atom stereocenters. The average Bonchev–Trinajstić information content (AvgIpc) is 2.72. The normalized spacial score (nSPS) is 18.9. The molecule has 1 aliphatic heterocycles. The van der Waals surface area contributed by atoms with E-state index in [9.17, 15) is 0 Å². The number of hydrazone groups is 1. The highest BCUT2D eigenvalue weighted by molar-refractivity contribution is 7.80. The van der Waals surface area contributed by atoms with Crippen molar-refractivity contribution in [1.82, 2.24) is 20.3 Å². The topological polar surface area (TPSA) is 56.7 Å². The molecule has 0 aromatic carbocycles. The average molecular weight is 395 g/mol. The van der Waals surface area contributed by atoms with E-state index < -0.39 is 0 Å². The van der Waals surface area contributed by atoms with E-state index in [0.717, 1.165) is 75.5 Å². The molecule has 1 N–H and O–H groups in total. The monoisotopic (exact) mass is 394 g/mol. The molecule has 3 heterocycles. The van der Waals surface area contributed by atoms with E-state index >= 15 is 0 Å². The van der Waals surface area contributed by atoms with E-state index in [1.165, 1.54) is 5.56 Å². The molecule has 7 heteroatoms. The van der Waals surface area contributed by atoms with Gasteiger partial charge in [-0.15, -0.1) is 0 Å². The first-order valence-corrected chi connectivity index (χ1v) is 10.4. The van der Waals surface area contributed by atoms with Gasteiger partial charge < -0.3 is 9.80 Å². The fourth-order valence-electron chi connectivity index (χ4n) is 3.86. The lowest BCUT2D eigenvalue weighted by atomic mass is 9.95. The lowest BCUT2D eigenvalue weighted by molar-refractivity contribution is 0.379. The lowest BCUT2D eigenvalue weighted by Crippen LogP contribution is -2.43. The molecule has 2 aromatic heterocycles. The van der Waals surface area contributed by atoms with Gasteiger partial charge in [-0.25, -0.2) is 4.98 Å². The van der Waals surface area contributed by atoms with Crippen molar-refractivity contribution in [2.75, 3.05) is 31.1 Å². The van der Waals surface area contributed by atoms with E-state index in [2.05, 4.69) is 42.4 Å². The summed E-state index contributed by atoms with van der Waals surface area (Å²) in [5, 5.41) is 5.33. The molecule has 0 unspecified atom stereocenters. The molecule has 0 saturated carbocycles. The summed E-state index contributed by atoms with van der Waals surface area (Å²) in [5.74, 6) is 1.06. The minimum Gasteiger partial charge on any atom is -0.356 e. The summed E-state index contributed by atoms with van der Waals surface area (Å²) in [6, 6.07) is 10.2. The van der Waals surface area contributed by atoms with E-state index in [1.807, 2.05) is 30.6 Å². The predicted molar refractivity (Wildman–Crippen MR) is 117 cm³/mol. The molecule has 0 spiro atoms. The maximum Gasteiger partial charge on any atom is 0.189 e. The second kappa shape index (κ2) is 9.10. The van der Waals surface area contributed by atoms with Gasteiger partial charge in [-0.3, -0.25) is 10.4 Å². The molecule has 2 aliphatic rings. The zero-order chi connectivity index (χ0) is 19.2. The molecule has 1 fully saturated rings. The lowest BCUT2D eigenvalue weighted by Gasteiger charge is -2.32. The van der Waals surface area contributed by atoms with Crippen LogP contribution < -0.4 is 10.3 Å². The molecular weight excluding hydrogens is 368 g/mol. The Hall–Kier alpha value is -2.54. The van der Waals surface area contributed by atoms with Crippen molar-refractivity contribution in [3.8, 4) is 0 Å². The van der Waals surface area contributed by atoms with Gasteiger partial charge in [0.1, 0.15) is 5.82 Å².